The second-order valence-corrected chi connectivity index (χ2v) is 4.49. The van der Waals surface area contributed by atoms with Crippen LogP contribution in [0, 0.1) is 0 Å². The van der Waals surface area contributed by atoms with Crippen LogP contribution in [0.1, 0.15) is 38.1 Å². The van der Waals surface area contributed by atoms with Gasteiger partial charge in [-0.1, -0.05) is 19.0 Å². The lowest BCUT2D eigenvalue weighted by atomic mass is 10.1. The normalized spacial score (nSPS) is 11.3. The van der Waals surface area contributed by atoms with Gasteiger partial charge in [-0.25, -0.2) is 4.99 Å². The van der Waals surface area contributed by atoms with Crippen molar-refractivity contribution < 1.29 is 9.26 Å². The second kappa shape index (κ2) is 10.9. The van der Waals surface area contributed by atoms with Crippen LogP contribution in [0.2, 0.25) is 0 Å². The summed E-state index contributed by atoms with van der Waals surface area (Å²) >= 11 is 0. The molecule has 2 N–H and O–H groups in total. The zero-order chi connectivity index (χ0) is 14.1. The van der Waals surface area contributed by atoms with Gasteiger partial charge in [-0.2, -0.15) is 0 Å². The molecule has 0 radical (unpaired) electrons. The predicted molar refractivity (Wildman–Crippen MR) is 90.7 cm³/mol. The van der Waals surface area contributed by atoms with Crippen LogP contribution in [0.15, 0.2) is 15.6 Å². The zero-order valence-electron chi connectivity index (χ0n) is 12.6. The van der Waals surface area contributed by atoms with Gasteiger partial charge in [0, 0.05) is 26.3 Å². The number of hydrogen-bond acceptors (Lipinski definition) is 4. The van der Waals surface area contributed by atoms with E-state index in [0.717, 1.165) is 30.5 Å². The van der Waals surface area contributed by atoms with E-state index in [2.05, 4.69) is 34.6 Å². The van der Waals surface area contributed by atoms with Gasteiger partial charge >= 0.3 is 0 Å². The molecule has 1 rings (SSSR count). The fourth-order valence-corrected chi connectivity index (χ4v) is 1.45. The average molecular weight is 396 g/mol. The largest absolute Gasteiger partial charge is 0.383 e. The Kier molecular flexibility index (Phi) is 10.4. The summed E-state index contributed by atoms with van der Waals surface area (Å²) in [6, 6.07) is 1.95. The van der Waals surface area contributed by atoms with Gasteiger partial charge < -0.3 is 19.9 Å². The van der Waals surface area contributed by atoms with Crippen molar-refractivity contribution in [3.63, 3.8) is 0 Å². The Morgan fingerprint density at radius 1 is 1.45 bits per heavy atom. The van der Waals surface area contributed by atoms with E-state index in [1.165, 1.54) is 0 Å². The van der Waals surface area contributed by atoms with Gasteiger partial charge in [0.2, 0.25) is 0 Å². The van der Waals surface area contributed by atoms with Crippen LogP contribution in [0.25, 0.3) is 0 Å². The number of aliphatic imine (C=N–C) groups is 1. The number of hydrogen-bond donors (Lipinski definition) is 2. The molecule has 0 amide bonds. The highest BCUT2D eigenvalue weighted by molar-refractivity contribution is 14.0. The summed E-state index contributed by atoms with van der Waals surface area (Å²) in [5.41, 5.74) is 0.961. The summed E-state index contributed by atoms with van der Waals surface area (Å²) in [5, 5.41) is 10.3. The van der Waals surface area contributed by atoms with E-state index in [4.69, 9.17) is 9.26 Å². The molecule has 0 spiro atoms. The minimum absolute atomic E-state index is 0. The highest BCUT2D eigenvalue weighted by Crippen LogP contribution is 2.14. The molecule has 20 heavy (non-hydrogen) atoms. The minimum atomic E-state index is 0. The molecule has 0 bridgehead atoms. The lowest BCUT2D eigenvalue weighted by Crippen LogP contribution is -2.38. The Bertz CT molecular complexity index is 393. The monoisotopic (exact) mass is 396 g/mol. The topological polar surface area (TPSA) is 71.7 Å². The van der Waals surface area contributed by atoms with Gasteiger partial charge in [0.1, 0.15) is 6.54 Å². The van der Waals surface area contributed by atoms with Crippen molar-refractivity contribution in [2.75, 3.05) is 26.8 Å². The first-order valence-electron chi connectivity index (χ1n) is 6.64. The smallest absolute Gasteiger partial charge is 0.191 e. The summed E-state index contributed by atoms with van der Waals surface area (Å²) in [4.78, 5) is 4.43. The quantitative estimate of drug-likeness (QED) is 0.320. The van der Waals surface area contributed by atoms with E-state index in [0.29, 0.717) is 19.1 Å². The molecule has 0 aliphatic rings. The van der Waals surface area contributed by atoms with Crippen molar-refractivity contribution in [1.82, 2.24) is 15.8 Å². The molecule has 1 heterocycles. The zero-order valence-corrected chi connectivity index (χ0v) is 14.9. The number of halogens is 1. The first-order valence-corrected chi connectivity index (χ1v) is 6.64. The maximum atomic E-state index is 5.24. The molecule has 0 atom stereocenters. The van der Waals surface area contributed by atoms with Gasteiger partial charge in [-0.3, -0.25) is 0 Å². The van der Waals surface area contributed by atoms with Crippen molar-refractivity contribution in [2.24, 2.45) is 4.99 Å². The van der Waals surface area contributed by atoms with E-state index in [1.807, 2.05) is 13.0 Å². The summed E-state index contributed by atoms with van der Waals surface area (Å²) in [5.74, 6) is 1.89. The molecular weight excluding hydrogens is 371 g/mol. The number of aromatic nitrogens is 1. The molecule has 6 nitrogen and oxygen atoms in total. The molecule has 1 aromatic heterocycles. The molecule has 7 heteroatoms. The van der Waals surface area contributed by atoms with Gasteiger partial charge in [0.15, 0.2) is 11.7 Å². The highest BCUT2D eigenvalue weighted by atomic mass is 127. The average Bonchev–Trinajstić information content (AvgIpc) is 2.85. The highest BCUT2D eigenvalue weighted by Gasteiger charge is 2.07. The molecule has 0 saturated carbocycles. The Morgan fingerprint density at radius 2 is 2.20 bits per heavy atom. The van der Waals surface area contributed by atoms with Crippen molar-refractivity contribution in [1.29, 1.82) is 0 Å². The van der Waals surface area contributed by atoms with Crippen LogP contribution in [-0.4, -0.2) is 37.9 Å². The maximum absolute atomic E-state index is 5.24. The third kappa shape index (κ3) is 7.09. The fraction of sp³-hybridized carbons (Fsp3) is 0.692. The number of guanidine groups is 1. The summed E-state index contributed by atoms with van der Waals surface area (Å²) < 4.78 is 10.2. The Balaban J connectivity index is 0.00000361. The van der Waals surface area contributed by atoms with Gasteiger partial charge in [0.25, 0.3) is 0 Å². The molecule has 0 saturated heterocycles. The lowest BCUT2D eigenvalue weighted by molar-refractivity contribution is 0.203. The van der Waals surface area contributed by atoms with Crippen LogP contribution in [-0.2, 0) is 11.3 Å². The van der Waals surface area contributed by atoms with Crippen LogP contribution in [0.3, 0.4) is 0 Å². The summed E-state index contributed by atoms with van der Waals surface area (Å²) in [6.45, 7) is 8.84. The summed E-state index contributed by atoms with van der Waals surface area (Å²) in [6.07, 6.45) is 0. The number of nitrogens with one attached hydrogen (secondary N) is 2. The van der Waals surface area contributed by atoms with E-state index >= 15 is 0 Å². The Hall–Kier alpha value is -0.830. The van der Waals surface area contributed by atoms with Crippen LogP contribution in [0.4, 0.5) is 0 Å². The number of methoxy groups -OCH3 is 1. The molecule has 0 aliphatic carbocycles. The third-order valence-corrected chi connectivity index (χ3v) is 2.50. The Labute approximate surface area is 137 Å². The molecule has 0 aromatic carbocycles. The number of rotatable bonds is 7. The SMILES string of the molecule is CCNC(=NCc1cc(C(C)C)no1)NCCOC.I. The molecule has 0 aliphatic heterocycles. The van der Waals surface area contributed by atoms with Gasteiger partial charge in [-0.05, 0) is 12.8 Å². The van der Waals surface area contributed by atoms with Crippen molar-refractivity contribution in [3.05, 3.63) is 17.5 Å². The van der Waals surface area contributed by atoms with Gasteiger partial charge in [-0.15, -0.1) is 24.0 Å². The minimum Gasteiger partial charge on any atom is -0.383 e. The van der Waals surface area contributed by atoms with E-state index in [9.17, 15) is 0 Å². The number of ether oxygens (including phenoxy) is 1. The standard InChI is InChI=1S/C13H24N4O2.HI/c1-5-14-13(15-6-7-18-4)16-9-11-8-12(10(2)3)17-19-11;/h8,10H,5-7,9H2,1-4H3,(H2,14,15,16);1H. The Morgan fingerprint density at radius 3 is 2.75 bits per heavy atom. The van der Waals surface area contributed by atoms with E-state index in [1.54, 1.807) is 7.11 Å². The van der Waals surface area contributed by atoms with Crippen LogP contribution in [0.5, 0.6) is 0 Å². The molecular formula is C13H25IN4O2. The third-order valence-electron chi connectivity index (χ3n) is 2.50. The lowest BCUT2D eigenvalue weighted by Gasteiger charge is -2.09. The van der Waals surface area contributed by atoms with Crippen molar-refractivity contribution in [2.45, 2.75) is 33.2 Å². The predicted octanol–water partition coefficient (Wildman–Crippen LogP) is 2.12. The maximum Gasteiger partial charge on any atom is 0.191 e. The van der Waals surface area contributed by atoms with Crippen molar-refractivity contribution >= 4 is 29.9 Å². The number of nitrogens with zero attached hydrogens (tertiary/aromatic N) is 2. The van der Waals surface area contributed by atoms with Gasteiger partial charge in [0.05, 0.1) is 12.3 Å². The summed E-state index contributed by atoms with van der Waals surface area (Å²) in [7, 11) is 1.67. The molecule has 0 unspecified atom stereocenters. The second-order valence-electron chi connectivity index (χ2n) is 4.49. The van der Waals surface area contributed by atoms with Crippen molar-refractivity contribution in [3.8, 4) is 0 Å². The molecule has 116 valence electrons. The first kappa shape index (κ1) is 19.2. The van der Waals surface area contributed by atoms with Crippen LogP contribution >= 0.6 is 24.0 Å². The van der Waals surface area contributed by atoms with E-state index in [-0.39, 0.29) is 24.0 Å². The molecule has 0 fully saturated rings. The van der Waals surface area contributed by atoms with Crippen LogP contribution < -0.4 is 10.6 Å². The molecule has 1 aromatic rings. The first-order chi connectivity index (χ1) is 9.17. The fourth-order valence-electron chi connectivity index (χ4n) is 1.45. The van der Waals surface area contributed by atoms with E-state index < -0.39 is 0 Å².